The lowest BCUT2D eigenvalue weighted by atomic mass is 10.1. The van der Waals surface area contributed by atoms with Crippen molar-refractivity contribution >= 4 is 27.5 Å². The van der Waals surface area contributed by atoms with Crippen molar-refractivity contribution in [1.29, 1.82) is 0 Å². The third-order valence-electron chi connectivity index (χ3n) is 3.05. The number of carbonyl (C=O) groups is 2. The molecular weight excluding hydrogens is 282 g/mol. The topological polar surface area (TPSA) is 95.6 Å². The van der Waals surface area contributed by atoms with Gasteiger partial charge in [-0.1, -0.05) is 6.07 Å². The predicted molar refractivity (Wildman–Crippen MR) is 73.7 cm³/mol. The van der Waals surface area contributed by atoms with Crippen LogP contribution in [0.3, 0.4) is 0 Å². The van der Waals surface area contributed by atoms with Crippen LogP contribution in [-0.4, -0.2) is 44.4 Å². The highest BCUT2D eigenvalue weighted by Gasteiger charge is 2.22. The summed E-state index contributed by atoms with van der Waals surface area (Å²) in [4.78, 5) is 23.3. The van der Waals surface area contributed by atoms with Gasteiger partial charge in [-0.2, -0.15) is 4.31 Å². The van der Waals surface area contributed by atoms with E-state index in [1.165, 1.54) is 7.05 Å². The molecule has 0 saturated carbocycles. The maximum Gasteiger partial charge on any atom is 0.251 e. The number of sulfonamides is 1. The van der Waals surface area contributed by atoms with Gasteiger partial charge in [0, 0.05) is 30.4 Å². The zero-order valence-electron chi connectivity index (χ0n) is 11.1. The van der Waals surface area contributed by atoms with Crippen LogP contribution in [0.5, 0.6) is 0 Å². The largest absolute Gasteiger partial charge is 0.348 e. The van der Waals surface area contributed by atoms with Crippen LogP contribution >= 0.6 is 0 Å². The number of hydrogen-bond donors (Lipinski definition) is 2. The van der Waals surface area contributed by atoms with Gasteiger partial charge in [-0.15, -0.1) is 0 Å². The molecule has 20 heavy (non-hydrogen) atoms. The quantitative estimate of drug-likeness (QED) is 0.802. The first-order chi connectivity index (χ1) is 9.29. The lowest BCUT2D eigenvalue weighted by Gasteiger charge is -2.14. The molecule has 0 unspecified atom stereocenters. The van der Waals surface area contributed by atoms with Crippen LogP contribution in [0.1, 0.15) is 15.9 Å². The van der Waals surface area contributed by atoms with Crippen LogP contribution in [-0.2, 0) is 21.4 Å². The van der Waals surface area contributed by atoms with Gasteiger partial charge in [-0.25, -0.2) is 8.42 Å². The number of hydrogen-bond acceptors (Lipinski definition) is 4. The molecule has 0 aromatic heterocycles. The Labute approximate surface area is 117 Å². The first-order valence-corrected chi connectivity index (χ1v) is 7.75. The van der Waals surface area contributed by atoms with E-state index in [-0.39, 0.29) is 12.5 Å². The molecule has 2 amide bonds. The Balaban J connectivity index is 2.12. The van der Waals surface area contributed by atoms with Crippen LogP contribution in [0, 0.1) is 0 Å². The molecule has 1 aliphatic rings. The molecule has 8 heteroatoms. The van der Waals surface area contributed by atoms with Gasteiger partial charge in [0.25, 0.3) is 5.91 Å². The standard InChI is InChI=1S/C12H15N3O4S/c1-15(20(2,18)19)7-11(16)14-10-5-3-4-8-9(10)6-13-12(8)17/h3-5H,6-7H2,1-2H3,(H,13,17)(H,14,16). The zero-order chi connectivity index (χ0) is 14.9. The van der Waals surface area contributed by atoms with Gasteiger partial charge >= 0.3 is 0 Å². The van der Waals surface area contributed by atoms with Crippen molar-refractivity contribution in [2.75, 3.05) is 25.2 Å². The summed E-state index contributed by atoms with van der Waals surface area (Å²) in [5, 5.41) is 5.30. The number of amides is 2. The highest BCUT2D eigenvalue weighted by atomic mass is 32.2. The van der Waals surface area contributed by atoms with Crippen molar-refractivity contribution in [3.05, 3.63) is 29.3 Å². The summed E-state index contributed by atoms with van der Waals surface area (Å²) < 4.78 is 23.4. The van der Waals surface area contributed by atoms with E-state index in [4.69, 9.17) is 0 Å². The molecule has 0 fully saturated rings. The molecule has 7 nitrogen and oxygen atoms in total. The fraction of sp³-hybridized carbons (Fsp3) is 0.333. The number of likely N-dealkylation sites (N-methyl/N-ethyl adjacent to an activating group) is 1. The molecule has 0 aliphatic carbocycles. The minimum atomic E-state index is -3.40. The summed E-state index contributed by atoms with van der Waals surface area (Å²) in [6.45, 7) is 0.0798. The Hall–Kier alpha value is -1.93. The van der Waals surface area contributed by atoms with E-state index >= 15 is 0 Å². The number of fused-ring (bicyclic) bond motifs is 1. The van der Waals surface area contributed by atoms with Crippen LogP contribution in [0.2, 0.25) is 0 Å². The molecule has 1 aromatic rings. The van der Waals surface area contributed by atoms with Crippen LogP contribution < -0.4 is 10.6 Å². The Bertz CT molecular complexity index is 669. The van der Waals surface area contributed by atoms with E-state index in [1.54, 1.807) is 18.2 Å². The minimum Gasteiger partial charge on any atom is -0.348 e. The Kier molecular flexibility index (Phi) is 3.78. The number of carbonyl (C=O) groups excluding carboxylic acids is 2. The molecule has 0 spiro atoms. The molecule has 0 saturated heterocycles. The monoisotopic (exact) mass is 297 g/mol. The van der Waals surface area contributed by atoms with Crippen LogP contribution in [0.4, 0.5) is 5.69 Å². The zero-order valence-corrected chi connectivity index (χ0v) is 12.0. The second-order valence-electron chi connectivity index (χ2n) is 4.58. The Morgan fingerprint density at radius 2 is 2.15 bits per heavy atom. The van der Waals surface area contributed by atoms with Crippen molar-refractivity contribution < 1.29 is 18.0 Å². The number of benzene rings is 1. The SMILES string of the molecule is CN(CC(=O)Nc1cccc2c1CNC2=O)S(C)(=O)=O. The fourth-order valence-electron chi connectivity index (χ4n) is 1.88. The molecule has 2 rings (SSSR count). The lowest BCUT2D eigenvalue weighted by molar-refractivity contribution is -0.116. The summed E-state index contributed by atoms with van der Waals surface area (Å²) in [6.07, 6.45) is 1.03. The highest BCUT2D eigenvalue weighted by Crippen LogP contribution is 2.24. The maximum atomic E-state index is 11.8. The molecule has 108 valence electrons. The van der Waals surface area contributed by atoms with E-state index in [9.17, 15) is 18.0 Å². The van der Waals surface area contributed by atoms with E-state index in [2.05, 4.69) is 10.6 Å². The highest BCUT2D eigenvalue weighted by molar-refractivity contribution is 7.88. The number of nitrogens with one attached hydrogen (secondary N) is 2. The summed E-state index contributed by atoms with van der Waals surface area (Å²) >= 11 is 0. The lowest BCUT2D eigenvalue weighted by Crippen LogP contribution is -2.34. The van der Waals surface area contributed by atoms with Gasteiger partial charge in [0.05, 0.1) is 12.8 Å². The third kappa shape index (κ3) is 2.97. The van der Waals surface area contributed by atoms with E-state index in [0.717, 1.165) is 10.6 Å². The smallest absolute Gasteiger partial charge is 0.251 e. The van der Waals surface area contributed by atoms with Crippen LogP contribution in [0.25, 0.3) is 0 Å². The summed E-state index contributed by atoms with van der Waals surface area (Å²) in [6, 6.07) is 5.02. The number of anilines is 1. The van der Waals surface area contributed by atoms with Crippen LogP contribution in [0.15, 0.2) is 18.2 Å². The van der Waals surface area contributed by atoms with Crippen molar-refractivity contribution in [1.82, 2.24) is 9.62 Å². The molecule has 0 radical (unpaired) electrons. The average Bonchev–Trinajstić information content (AvgIpc) is 2.71. The van der Waals surface area contributed by atoms with Gasteiger partial charge in [0.15, 0.2) is 0 Å². The summed E-state index contributed by atoms with van der Waals surface area (Å²) in [7, 11) is -2.08. The first-order valence-electron chi connectivity index (χ1n) is 5.90. The van der Waals surface area contributed by atoms with Gasteiger partial charge in [-0.3, -0.25) is 9.59 Å². The third-order valence-corrected chi connectivity index (χ3v) is 4.31. The Morgan fingerprint density at radius 1 is 1.45 bits per heavy atom. The second-order valence-corrected chi connectivity index (χ2v) is 6.67. The van der Waals surface area contributed by atoms with E-state index < -0.39 is 15.9 Å². The van der Waals surface area contributed by atoms with Gasteiger partial charge in [-0.05, 0) is 12.1 Å². The first kappa shape index (κ1) is 14.5. The average molecular weight is 297 g/mol. The molecular formula is C12H15N3O4S. The van der Waals surface area contributed by atoms with Gasteiger partial charge in [0.1, 0.15) is 0 Å². The normalized spacial score (nSPS) is 14.1. The van der Waals surface area contributed by atoms with Crippen molar-refractivity contribution in [2.45, 2.75) is 6.54 Å². The molecule has 1 aliphatic heterocycles. The predicted octanol–water partition coefficient (Wildman–Crippen LogP) is -0.240. The number of rotatable bonds is 4. The van der Waals surface area contributed by atoms with Crippen molar-refractivity contribution in [2.24, 2.45) is 0 Å². The Morgan fingerprint density at radius 3 is 2.80 bits per heavy atom. The molecule has 0 bridgehead atoms. The van der Waals surface area contributed by atoms with E-state index in [1.807, 2.05) is 0 Å². The van der Waals surface area contributed by atoms with Gasteiger partial charge in [0.2, 0.25) is 15.9 Å². The second kappa shape index (κ2) is 5.22. The summed E-state index contributed by atoms with van der Waals surface area (Å²) in [5.74, 6) is -0.630. The molecule has 0 atom stereocenters. The summed E-state index contributed by atoms with van der Waals surface area (Å²) in [5.41, 5.74) is 1.76. The maximum absolute atomic E-state index is 11.8. The van der Waals surface area contributed by atoms with Crippen molar-refractivity contribution in [3.8, 4) is 0 Å². The van der Waals surface area contributed by atoms with Crippen molar-refractivity contribution in [3.63, 3.8) is 0 Å². The molecule has 2 N–H and O–H groups in total. The number of nitrogens with zero attached hydrogens (tertiary/aromatic N) is 1. The fourth-order valence-corrected chi connectivity index (χ4v) is 2.23. The minimum absolute atomic E-state index is 0.177. The molecule has 1 aromatic carbocycles. The van der Waals surface area contributed by atoms with Gasteiger partial charge < -0.3 is 10.6 Å². The molecule has 1 heterocycles. The van der Waals surface area contributed by atoms with E-state index in [0.29, 0.717) is 23.4 Å².